The van der Waals surface area contributed by atoms with Crippen LogP contribution in [0.3, 0.4) is 0 Å². The molecule has 0 amide bonds. The molecule has 33 heavy (non-hydrogen) atoms. The van der Waals surface area contributed by atoms with E-state index >= 15 is 0 Å². The Balaban J connectivity index is 2.10. The summed E-state index contributed by atoms with van der Waals surface area (Å²) >= 11 is 0. The topological polar surface area (TPSA) is 67.0 Å². The first kappa shape index (κ1) is 22.7. The first-order valence-electron chi connectivity index (χ1n) is 11.0. The van der Waals surface area contributed by atoms with E-state index in [-0.39, 0.29) is 11.7 Å². The Hall–Kier alpha value is -3.48. The van der Waals surface area contributed by atoms with E-state index in [2.05, 4.69) is 19.1 Å². The number of aromatic nitrogens is 2. The van der Waals surface area contributed by atoms with Crippen molar-refractivity contribution in [3.05, 3.63) is 62.5 Å². The molecule has 0 saturated carbocycles. The van der Waals surface area contributed by atoms with Gasteiger partial charge in [0.05, 0.1) is 32.7 Å². The predicted molar refractivity (Wildman–Crippen MR) is 129 cm³/mol. The van der Waals surface area contributed by atoms with Crippen molar-refractivity contribution in [3.63, 3.8) is 0 Å². The SMILES string of the molecule is COc1cc2c(c(OC)c1OC)-c1cc(=Nc3c(C)cc(C)cc3C)n(C)c(=O)n1C(C)C2. The van der Waals surface area contributed by atoms with E-state index in [0.29, 0.717) is 29.2 Å². The Morgan fingerprint density at radius 2 is 1.58 bits per heavy atom. The Bertz CT molecular complexity index is 1360. The van der Waals surface area contributed by atoms with Gasteiger partial charge in [-0.05, 0) is 56.9 Å². The third kappa shape index (κ3) is 3.61. The van der Waals surface area contributed by atoms with Crippen LogP contribution in [0.2, 0.25) is 0 Å². The van der Waals surface area contributed by atoms with Crippen molar-refractivity contribution in [2.45, 2.75) is 40.2 Å². The zero-order valence-electron chi connectivity index (χ0n) is 20.6. The molecule has 1 unspecified atom stereocenters. The van der Waals surface area contributed by atoms with Gasteiger partial charge in [0.15, 0.2) is 11.5 Å². The second-order valence-electron chi connectivity index (χ2n) is 8.69. The number of nitrogens with zero attached hydrogens (tertiary/aromatic N) is 3. The second-order valence-corrected chi connectivity index (χ2v) is 8.69. The Morgan fingerprint density at radius 1 is 0.939 bits per heavy atom. The molecule has 0 aliphatic carbocycles. The van der Waals surface area contributed by atoms with E-state index in [1.807, 2.05) is 37.5 Å². The fraction of sp³-hybridized carbons (Fsp3) is 0.385. The van der Waals surface area contributed by atoms with Crippen molar-refractivity contribution in [2.75, 3.05) is 21.3 Å². The summed E-state index contributed by atoms with van der Waals surface area (Å²) in [5.41, 5.74) is 7.30. The first-order valence-corrected chi connectivity index (χ1v) is 11.0. The van der Waals surface area contributed by atoms with E-state index in [9.17, 15) is 4.79 Å². The lowest BCUT2D eigenvalue weighted by molar-refractivity contribution is 0.323. The Kier molecular flexibility index (Phi) is 5.82. The number of hydrogen-bond donors (Lipinski definition) is 0. The zero-order chi connectivity index (χ0) is 24.0. The van der Waals surface area contributed by atoms with Gasteiger partial charge in [0, 0.05) is 24.7 Å². The molecule has 0 radical (unpaired) electrons. The molecule has 7 heteroatoms. The number of fused-ring (bicyclic) bond motifs is 3. The van der Waals surface area contributed by atoms with Gasteiger partial charge >= 0.3 is 5.69 Å². The molecule has 4 rings (SSSR count). The van der Waals surface area contributed by atoms with E-state index in [1.165, 1.54) is 5.56 Å². The van der Waals surface area contributed by atoms with E-state index < -0.39 is 0 Å². The fourth-order valence-corrected chi connectivity index (χ4v) is 4.90. The van der Waals surface area contributed by atoms with Gasteiger partial charge in [-0.15, -0.1) is 0 Å². The molecule has 0 bridgehead atoms. The van der Waals surface area contributed by atoms with Gasteiger partial charge in [-0.3, -0.25) is 9.13 Å². The van der Waals surface area contributed by atoms with Crippen molar-refractivity contribution >= 4 is 5.69 Å². The molecule has 1 aliphatic rings. The number of benzene rings is 2. The van der Waals surface area contributed by atoms with E-state index in [1.54, 1.807) is 32.9 Å². The lowest BCUT2D eigenvalue weighted by Gasteiger charge is -2.30. The minimum atomic E-state index is -0.122. The van der Waals surface area contributed by atoms with Crippen LogP contribution in [-0.4, -0.2) is 30.5 Å². The molecule has 7 nitrogen and oxygen atoms in total. The van der Waals surface area contributed by atoms with Crippen molar-refractivity contribution in [3.8, 4) is 28.5 Å². The molecule has 2 aromatic carbocycles. The van der Waals surface area contributed by atoms with Crippen molar-refractivity contribution in [1.29, 1.82) is 0 Å². The number of methoxy groups -OCH3 is 3. The third-order valence-corrected chi connectivity index (χ3v) is 6.35. The predicted octanol–water partition coefficient (Wildman–Crippen LogP) is 4.15. The van der Waals surface area contributed by atoms with Crippen LogP contribution in [0.25, 0.3) is 11.3 Å². The lowest BCUT2D eigenvalue weighted by atomic mass is 9.92. The fourth-order valence-electron chi connectivity index (χ4n) is 4.90. The summed E-state index contributed by atoms with van der Waals surface area (Å²) in [7, 11) is 6.56. The normalized spacial score (nSPS) is 15.2. The number of ether oxygens (including phenoxy) is 3. The molecule has 1 aromatic heterocycles. The molecule has 0 fully saturated rings. The van der Waals surface area contributed by atoms with Gasteiger partial charge in [0.2, 0.25) is 5.75 Å². The maximum atomic E-state index is 13.5. The Morgan fingerprint density at radius 3 is 2.15 bits per heavy atom. The van der Waals surface area contributed by atoms with Crippen LogP contribution in [0.15, 0.2) is 34.1 Å². The van der Waals surface area contributed by atoms with Gasteiger partial charge in [0.1, 0.15) is 5.49 Å². The zero-order valence-corrected chi connectivity index (χ0v) is 20.6. The number of aryl methyl sites for hydroxylation is 3. The van der Waals surface area contributed by atoms with Crippen molar-refractivity contribution in [2.24, 2.45) is 12.0 Å². The van der Waals surface area contributed by atoms with Gasteiger partial charge in [-0.2, -0.15) is 0 Å². The maximum absolute atomic E-state index is 13.5. The highest BCUT2D eigenvalue weighted by Crippen LogP contribution is 2.49. The Labute approximate surface area is 193 Å². The van der Waals surface area contributed by atoms with Crippen molar-refractivity contribution < 1.29 is 14.2 Å². The highest BCUT2D eigenvalue weighted by molar-refractivity contribution is 5.79. The molecule has 1 atom stereocenters. The van der Waals surface area contributed by atoms with Crippen LogP contribution >= 0.6 is 0 Å². The van der Waals surface area contributed by atoms with E-state index in [4.69, 9.17) is 19.2 Å². The second kappa shape index (κ2) is 8.46. The van der Waals surface area contributed by atoms with E-state index in [0.717, 1.165) is 33.6 Å². The summed E-state index contributed by atoms with van der Waals surface area (Å²) in [5, 5.41) is 0. The highest BCUT2D eigenvalue weighted by Gasteiger charge is 2.30. The van der Waals surface area contributed by atoms with Crippen molar-refractivity contribution in [1.82, 2.24) is 9.13 Å². The number of rotatable bonds is 4. The standard InChI is InChI=1S/C26H31N3O4/c1-14-9-15(2)23(16(3)10-14)27-21-13-19-22-18(11-17(4)29(19)26(30)28(21)5)12-20(31-6)24(32-7)25(22)33-8/h9-10,12-13,17H,11H2,1-8H3. The van der Waals surface area contributed by atoms with Crippen LogP contribution < -0.4 is 25.4 Å². The van der Waals surface area contributed by atoms with Gasteiger partial charge in [0.25, 0.3) is 0 Å². The lowest BCUT2D eigenvalue weighted by Crippen LogP contribution is -2.41. The average molecular weight is 450 g/mol. The maximum Gasteiger partial charge on any atom is 0.330 e. The summed E-state index contributed by atoms with van der Waals surface area (Å²) in [4.78, 5) is 18.4. The summed E-state index contributed by atoms with van der Waals surface area (Å²) in [6, 6.07) is 8.11. The molecule has 0 N–H and O–H groups in total. The molecule has 3 aromatic rings. The van der Waals surface area contributed by atoms with Crippen LogP contribution in [0.1, 0.15) is 35.2 Å². The number of hydrogen-bond acceptors (Lipinski definition) is 5. The van der Waals surface area contributed by atoms with Crippen LogP contribution in [0.4, 0.5) is 5.69 Å². The molecule has 1 aliphatic heterocycles. The minimum Gasteiger partial charge on any atom is -0.493 e. The minimum absolute atomic E-state index is 0.0362. The monoisotopic (exact) mass is 449 g/mol. The van der Waals surface area contributed by atoms with Gasteiger partial charge in [-0.25, -0.2) is 9.79 Å². The molecule has 174 valence electrons. The first-order chi connectivity index (χ1) is 15.7. The largest absolute Gasteiger partial charge is 0.493 e. The third-order valence-electron chi connectivity index (χ3n) is 6.35. The molecule has 2 heterocycles. The van der Waals surface area contributed by atoms with Gasteiger partial charge < -0.3 is 14.2 Å². The molecular weight excluding hydrogens is 418 g/mol. The molecule has 0 saturated heterocycles. The molecular formula is C26H31N3O4. The van der Waals surface area contributed by atoms with Crippen LogP contribution in [0.5, 0.6) is 17.2 Å². The molecule has 0 spiro atoms. The summed E-state index contributed by atoms with van der Waals surface area (Å²) in [6.07, 6.45) is 0.672. The average Bonchev–Trinajstić information content (AvgIpc) is 2.77. The summed E-state index contributed by atoms with van der Waals surface area (Å²) in [6.45, 7) is 8.20. The van der Waals surface area contributed by atoms with Crippen LogP contribution in [-0.2, 0) is 13.5 Å². The highest BCUT2D eigenvalue weighted by atomic mass is 16.5. The quantitative estimate of drug-likeness (QED) is 0.600. The smallest absolute Gasteiger partial charge is 0.330 e. The van der Waals surface area contributed by atoms with Gasteiger partial charge in [-0.1, -0.05) is 17.7 Å². The van der Waals surface area contributed by atoms with Crippen LogP contribution in [0, 0.1) is 20.8 Å². The summed E-state index contributed by atoms with van der Waals surface area (Å²) < 4.78 is 20.4. The summed E-state index contributed by atoms with van der Waals surface area (Å²) in [5.74, 6) is 1.66.